The maximum atomic E-state index is 12.4. The molecule has 0 radical (unpaired) electrons. The number of halogens is 1. The van der Waals surface area contributed by atoms with Crippen molar-refractivity contribution in [3.63, 3.8) is 0 Å². The third kappa shape index (κ3) is 3.01. The van der Waals surface area contributed by atoms with Crippen LogP contribution in [-0.2, 0) is 6.54 Å². The number of carbonyl (C=O) groups excluding carboxylic acids is 1. The second-order valence-electron chi connectivity index (χ2n) is 6.63. The van der Waals surface area contributed by atoms with Crippen LogP contribution in [0.5, 0.6) is 0 Å². The van der Waals surface area contributed by atoms with E-state index in [4.69, 9.17) is 11.6 Å². The molecule has 2 fully saturated rings. The Morgan fingerprint density at radius 2 is 2.22 bits per heavy atom. The number of carbonyl (C=O) groups is 1. The number of nitrogens with zero attached hydrogens (tertiary/aromatic N) is 3. The Labute approximate surface area is 144 Å². The van der Waals surface area contributed by atoms with Crippen LogP contribution in [0.3, 0.4) is 0 Å². The van der Waals surface area contributed by atoms with Crippen molar-refractivity contribution in [1.82, 2.24) is 14.8 Å². The Kier molecular flexibility index (Phi) is 3.87. The minimum Gasteiger partial charge on any atom is -0.337 e. The summed E-state index contributed by atoms with van der Waals surface area (Å²) in [4.78, 5) is 20.9. The average molecular weight is 348 g/mol. The minimum atomic E-state index is 0.0800. The van der Waals surface area contributed by atoms with E-state index < -0.39 is 0 Å². The molecule has 4 rings (SSSR count). The van der Waals surface area contributed by atoms with Gasteiger partial charge in [-0.2, -0.15) is 0 Å². The van der Waals surface area contributed by atoms with Crippen LogP contribution >= 0.6 is 22.9 Å². The molecule has 0 bridgehead atoms. The van der Waals surface area contributed by atoms with Gasteiger partial charge in [0.2, 0.25) is 0 Å². The van der Waals surface area contributed by atoms with E-state index in [0.29, 0.717) is 5.69 Å². The average Bonchev–Trinajstić information content (AvgIpc) is 3.16. The quantitative estimate of drug-likeness (QED) is 0.855. The lowest BCUT2D eigenvalue weighted by Gasteiger charge is -2.48. The van der Waals surface area contributed by atoms with Gasteiger partial charge in [-0.1, -0.05) is 23.7 Å². The SMILES string of the molecule is O=C(c1cscn1)N1CCC2(CN(Cc3cccc(Cl)c3)C2)C1. The van der Waals surface area contributed by atoms with Gasteiger partial charge in [-0.25, -0.2) is 4.98 Å². The summed E-state index contributed by atoms with van der Waals surface area (Å²) < 4.78 is 0. The molecule has 1 aromatic carbocycles. The van der Waals surface area contributed by atoms with Crippen molar-refractivity contribution in [2.75, 3.05) is 26.2 Å². The highest BCUT2D eigenvalue weighted by Crippen LogP contribution is 2.40. The Hall–Kier alpha value is -1.43. The number of hydrogen-bond donors (Lipinski definition) is 0. The third-order valence-corrected chi connectivity index (χ3v) is 5.61. The molecule has 3 heterocycles. The Bertz CT molecular complexity index is 712. The number of likely N-dealkylation sites (tertiary alicyclic amines) is 2. The van der Waals surface area contributed by atoms with Crippen LogP contribution in [0, 0.1) is 5.41 Å². The van der Waals surface area contributed by atoms with Gasteiger partial charge in [-0.15, -0.1) is 11.3 Å². The molecular weight excluding hydrogens is 330 g/mol. The van der Waals surface area contributed by atoms with Crippen LogP contribution in [0.2, 0.25) is 5.02 Å². The van der Waals surface area contributed by atoms with E-state index in [0.717, 1.165) is 44.2 Å². The molecule has 1 spiro atoms. The number of rotatable bonds is 3. The molecule has 2 aliphatic rings. The zero-order valence-electron chi connectivity index (χ0n) is 12.7. The zero-order valence-corrected chi connectivity index (χ0v) is 14.3. The normalized spacial score (nSPS) is 20.0. The largest absolute Gasteiger partial charge is 0.337 e. The van der Waals surface area contributed by atoms with Crippen molar-refractivity contribution in [1.29, 1.82) is 0 Å². The lowest BCUT2D eigenvalue weighted by molar-refractivity contribution is 0.00256. The summed E-state index contributed by atoms with van der Waals surface area (Å²) >= 11 is 7.52. The molecule has 1 aromatic heterocycles. The molecule has 6 heteroatoms. The topological polar surface area (TPSA) is 36.4 Å². The second-order valence-corrected chi connectivity index (χ2v) is 7.78. The molecular formula is C17H18ClN3OS. The molecule has 0 N–H and O–H groups in total. The van der Waals surface area contributed by atoms with Crippen LogP contribution in [0.25, 0.3) is 0 Å². The molecule has 1 amide bonds. The fourth-order valence-electron chi connectivity index (χ4n) is 3.75. The predicted molar refractivity (Wildman–Crippen MR) is 91.8 cm³/mol. The molecule has 4 nitrogen and oxygen atoms in total. The van der Waals surface area contributed by atoms with Gasteiger partial charge in [-0.3, -0.25) is 9.69 Å². The fraction of sp³-hybridized carbons (Fsp3) is 0.412. The number of thiazole rings is 1. The summed E-state index contributed by atoms with van der Waals surface area (Å²) in [6.07, 6.45) is 1.09. The molecule has 120 valence electrons. The van der Waals surface area contributed by atoms with Crippen LogP contribution in [-0.4, -0.2) is 46.9 Å². The van der Waals surface area contributed by atoms with Crippen molar-refractivity contribution in [2.45, 2.75) is 13.0 Å². The van der Waals surface area contributed by atoms with Gasteiger partial charge >= 0.3 is 0 Å². The molecule has 0 atom stereocenters. The Morgan fingerprint density at radius 3 is 2.96 bits per heavy atom. The molecule has 2 aliphatic heterocycles. The number of aromatic nitrogens is 1. The summed E-state index contributed by atoms with van der Waals surface area (Å²) in [5.41, 5.74) is 3.84. The van der Waals surface area contributed by atoms with E-state index in [1.165, 1.54) is 16.9 Å². The molecule has 2 aromatic rings. The van der Waals surface area contributed by atoms with Crippen molar-refractivity contribution in [3.05, 3.63) is 51.4 Å². The Balaban J connectivity index is 1.34. The highest BCUT2D eigenvalue weighted by molar-refractivity contribution is 7.07. The van der Waals surface area contributed by atoms with Gasteiger partial charge in [0.05, 0.1) is 5.51 Å². The first-order chi connectivity index (χ1) is 11.1. The summed E-state index contributed by atoms with van der Waals surface area (Å²) in [6.45, 7) is 4.75. The van der Waals surface area contributed by atoms with Crippen molar-refractivity contribution >= 4 is 28.8 Å². The van der Waals surface area contributed by atoms with Gasteiger partial charge < -0.3 is 4.90 Å². The lowest BCUT2D eigenvalue weighted by atomic mass is 9.79. The highest BCUT2D eigenvalue weighted by Gasteiger charge is 2.48. The van der Waals surface area contributed by atoms with Gasteiger partial charge in [0.25, 0.3) is 5.91 Å². The van der Waals surface area contributed by atoms with Crippen molar-refractivity contribution in [3.8, 4) is 0 Å². The second kappa shape index (κ2) is 5.89. The van der Waals surface area contributed by atoms with Crippen molar-refractivity contribution in [2.24, 2.45) is 5.41 Å². The molecule has 0 aliphatic carbocycles. The first-order valence-electron chi connectivity index (χ1n) is 7.78. The number of hydrogen-bond acceptors (Lipinski definition) is 4. The summed E-state index contributed by atoms with van der Waals surface area (Å²) in [5.74, 6) is 0.0800. The Morgan fingerprint density at radius 1 is 1.35 bits per heavy atom. The summed E-state index contributed by atoms with van der Waals surface area (Å²) in [6, 6.07) is 8.04. The predicted octanol–water partition coefficient (Wildman–Crippen LogP) is 3.14. The van der Waals surface area contributed by atoms with E-state index in [2.05, 4.69) is 16.0 Å². The maximum Gasteiger partial charge on any atom is 0.273 e. The zero-order chi connectivity index (χ0) is 15.9. The summed E-state index contributed by atoms with van der Waals surface area (Å²) in [7, 11) is 0. The number of amides is 1. The molecule has 0 saturated carbocycles. The van der Waals surface area contributed by atoms with Crippen LogP contribution in [0.15, 0.2) is 35.2 Å². The standard InChI is InChI=1S/C17H18ClN3OS/c18-14-3-1-2-13(6-14)7-20-9-17(10-20)4-5-21(11-17)16(22)15-8-23-12-19-15/h1-3,6,8,12H,4-5,7,9-11H2. The van der Waals surface area contributed by atoms with Gasteiger partial charge in [0.15, 0.2) is 0 Å². The highest BCUT2D eigenvalue weighted by atomic mass is 35.5. The monoisotopic (exact) mass is 347 g/mol. The number of benzene rings is 1. The van der Waals surface area contributed by atoms with Gasteiger partial charge in [0, 0.05) is 48.5 Å². The first kappa shape index (κ1) is 15.1. The van der Waals surface area contributed by atoms with Crippen LogP contribution < -0.4 is 0 Å². The van der Waals surface area contributed by atoms with Crippen LogP contribution in [0.1, 0.15) is 22.5 Å². The summed E-state index contributed by atoms with van der Waals surface area (Å²) in [5, 5.41) is 2.62. The smallest absolute Gasteiger partial charge is 0.273 e. The maximum absolute atomic E-state index is 12.4. The van der Waals surface area contributed by atoms with E-state index in [1.807, 2.05) is 28.5 Å². The molecule has 23 heavy (non-hydrogen) atoms. The fourth-order valence-corrected chi connectivity index (χ4v) is 4.49. The molecule has 2 saturated heterocycles. The minimum absolute atomic E-state index is 0.0800. The first-order valence-corrected chi connectivity index (χ1v) is 9.10. The van der Waals surface area contributed by atoms with Crippen molar-refractivity contribution < 1.29 is 4.79 Å². The molecule has 0 unspecified atom stereocenters. The van der Waals surface area contributed by atoms with Gasteiger partial charge in [-0.05, 0) is 24.1 Å². The van der Waals surface area contributed by atoms with Gasteiger partial charge in [0.1, 0.15) is 5.69 Å². The van der Waals surface area contributed by atoms with Crippen LogP contribution in [0.4, 0.5) is 0 Å². The van der Waals surface area contributed by atoms with E-state index in [1.54, 1.807) is 5.51 Å². The van der Waals surface area contributed by atoms with E-state index in [-0.39, 0.29) is 11.3 Å². The van der Waals surface area contributed by atoms with E-state index >= 15 is 0 Å². The lowest BCUT2D eigenvalue weighted by Crippen LogP contribution is -2.57. The van der Waals surface area contributed by atoms with E-state index in [9.17, 15) is 4.79 Å². The third-order valence-electron chi connectivity index (χ3n) is 4.79.